The molecule has 1 aromatic rings. The summed E-state index contributed by atoms with van der Waals surface area (Å²) in [4.78, 5) is 91.7. The summed E-state index contributed by atoms with van der Waals surface area (Å²) >= 11 is 0. The summed E-state index contributed by atoms with van der Waals surface area (Å²) in [5.74, 6) is -4.69. The van der Waals surface area contributed by atoms with Crippen molar-refractivity contribution >= 4 is 41.4 Å². The first-order valence-electron chi connectivity index (χ1n) is 16.8. The summed E-state index contributed by atoms with van der Waals surface area (Å²) in [6, 6.07) is -7.46. The van der Waals surface area contributed by atoms with Crippen molar-refractivity contribution in [2.45, 2.75) is 101 Å². The number of guanidine groups is 1. The molecule has 0 radical (unpaired) electrons. The topological polar surface area (TPSA) is 340 Å². The van der Waals surface area contributed by atoms with E-state index in [0.717, 1.165) is 0 Å². The molecular weight excluding hydrogens is 654 g/mol. The number of carbonyl (C=O) groups is 6. The minimum atomic E-state index is -1.51. The molecule has 1 aliphatic rings. The Morgan fingerprint density at radius 1 is 0.680 bits per heavy atom. The van der Waals surface area contributed by atoms with E-state index in [1.807, 2.05) is 0 Å². The lowest BCUT2D eigenvalue weighted by molar-refractivity contribution is -0.137. The van der Waals surface area contributed by atoms with Gasteiger partial charge < -0.3 is 64.9 Å². The lowest BCUT2D eigenvalue weighted by atomic mass is 10.0. The van der Waals surface area contributed by atoms with Crippen molar-refractivity contribution in [3.05, 3.63) is 18.2 Å². The highest BCUT2D eigenvalue weighted by molar-refractivity contribution is 5.98. The number of rotatable bonds is 15. The standard InChI is InChI=1S/C30H53N13O7/c1-17-24(45)43-23(15-44)29(50)41-21(9-6-12-36-30(33)34)27(48)42-22(13-18-14-35-16-37-18)28(49)40-20(8-3-5-11-32)26(47)39-19(25(46)38-17)7-2-4-10-31/h14,16-17,19-23,44H,2-13,15,31-32H2,1H3,(H,35,37)(H,38,46)(H,39,47)(H,40,49)(H,41,50)(H,42,48)(H,43,45)(H4,33,34,36)/t17-,19+,20+,21+,22+,23+/m1/s1. The summed E-state index contributed by atoms with van der Waals surface area (Å²) in [5, 5.41) is 25.5. The maximum atomic E-state index is 13.8. The van der Waals surface area contributed by atoms with Crippen LogP contribution in [0.3, 0.4) is 0 Å². The van der Waals surface area contributed by atoms with Gasteiger partial charge in [-0.15, -0.1) is 0 Å². The highest BCUT2D eigenvalue weighted by Gasteiger charge is 2.34. The Morgan fingerprint density at radius 2 is 1.14 bits per heavy atom. The monoisotopic (exact) mass is 707 g/mol. The van der Waals surface area contributed by atoms with E-state index in [0.29, 0.717) is 44.5 Å². The molecule has 0 aliphatic carbocycles. The molecule has 6 amide bonds. The molecule has 0 unspecified atom stereocenters. The van der Waals surface area contributed by atoms with Crippen molar-refractivity contribution in [1.82, 2.24) is 41.9 Å². The fourth-order valence-corrected chi connectivity index (χ4v) is 5.08. The van der Waals surface area contributed by atoms with E-state index in [1.54, 1.807) is 0 Å². The zero-order valence-corrected chi connectivity index (χ0v) is 28.4. The molecule has 1 aliphatic heterocycles. The number of aromatic nitrogens is 2. The number of aliphatic imine (C=N–C) groups is 1. The lowest BCUT2D eigenvalue weighted by Gasteiger charge is -2.28. The van der Waals surface area contributed by atoms with Crippen molar-refractivity contribution in [2.24, 2.45) is 27.9 Å². The highest BCUT2D eigenvalue weighted by atomic mass is 16.3. The van der Waals surface area contributed by atoms with Crippen LogP contribution in [0.1, 0.15) is 64.0 Å². The Bertz CT molecular complexity index is 1290. The van der Waals surface area contributed by atoms with E-state index in [-0.39, 0.29) is 44.6 Å². The van der Waals surface area contributed by atoms with Gasteiger partial charge in [0.2, 0.25) is 35.4 Å². The Hall–Kier alpha value is -4.82. The largest absolute Gasteiger partial charge is 0.394 e. The molecule has 20 heteroatoms. The van der Waals surface area contributed by atoms with E-state index in [9.17, 15) is 33.9 Å². The fraction of sp³-hybridized carbons (Fsp3) is 0.667. The predicted octanol–water partition coefficient (Wildman–Crippen LogP) is -4.80. The normalized spacial score (nSPS) is 24.4. The number of nitrogens with two attached hydrogens (primary N) is 4. The van der Waals surface area contributed by atoms with Crippen molar-refractivity contribution in [2.75, 3.05) is 26.2 Å². The third-order valence-electron chi connectivity index (χ3n) is 7.92. The van der Waals surface area contributed by atoms with Crippen LogP contribution in [0.5, 0.6) is 0 Å². The summed E-state index contributed by atoms with van der Waals surface area (Å²) in [6.07, 6.45) is 5.41. The summed E-state index contributed by atoms with van der Waals surface area (Å²) in [6.45, 7) is 1.34. The number of imidazole rings is 1. The highest BCUT2D eigenvalue weighted by Crippen LogP contribution is 2.09. The van der Waals surface area contributed by atoms with Gasteiger partial charge in [-0.05, 0) is 71.4 Å². The average molecular weight is 708 g/mol. The molecule has 6 atom stereocenters. The molecule has 0 bridgehead atoms. The second kappa shape index (κ2) is 22.0. The molecule has 50 heavy (non-hydrogen) atoms. The van der Waals surface area contributed by atoms with Gasteiger partial charge in [-0.25, -0.2) is 4.98 Å². The zero-order chi connectivity index (χ0) is 37.1. The van der Waals surface area contributed by atoms with E-state index in [2.05, 4.69) is 46.9 Å². The van der Waals surface area contributed by atoms with Gasteiger partial charge in [-0.3, -0.25) is 33.8 Å². The van der Waals surface area contributed by atoms with E-state index < -0.39 is 78.3 Å². The molecule has 1 aromatic heterocycles. The Morgan fingerprint density at radius 3 is 1.62 bits per heavy atom. The molecule has 280 valence electrons. The molecule has 0 aromatic carbocycles. The second-order valence-electron chi connectivity index (χ2n) is 12.0. The Labute approximate surface area is 290 Å². The molecule has 2 heterocycles. The van der Waals surface area contributed by atoms with Crippen molar-refractivity contribution < 1.29 is 33.9 Å². The van der Waals surface area contributed by atoms with E-state index in [4.69, 9.17) is 22.9 Å². The first-order valence-corrected chi connectivity index (χ1v) is 16.8. The second-order valence-corrected chi connectivity index (χ2v) is 12.0. The molecule has 1 saturated heterocycles. The lowest BCUT2D eigenvalue weighted by Crippen LogP contribution is -2.61. The molecule has 1 fully saturated rings. The zero-order valence-electron chi connectivity index (χ0n) is 28.4. The maximum Gasteiger partial charge on any atom is 0.245 e. The summed E-state index contributed by atoms with van der Waals surface area (Å²) in [5.41, 5.74) is 22.6. The van der Waals surface area contributed by atoms with Crippen LogP contribution < -0.4 is 54.8 Å². The van der Waals surface area contributed by atoms with E-state index >= 15 is 0 Å². The number of amides is 6. The average Bonchev–Trinajstić information content (AvgIpc) is 3.59. The number of nitrogens with one attached hydrogen (secondary N) is 7. The van der Waals surface area contributed by atoms with Crippen LogP contribution in [0.15, 0.2) is 17.5 Å². The van der Waals surface area contributed by atoms with Gasteiger partial charge in [-0.2, -0.15) is 0 Å². The number of unbranched alkanes of at least 4 members (excludes halogenated alkanes) is 2. The van der Waals surface area contributed by atoms with Gasteiger partial charge in [0.05, 0.1) is 12.9 Å². The van der Waals surface area contributed by atoms with Gasteiger partial charge >= 0.3 is 0 Å². The molecular formula is C30H53N13O7. The quantitative estimate of drug-likeness (QED) is 0.0464. The molecule has 20 nitrogen and oxygen atoms in total. The third-order valence-corrected chi connectivity index (χ3v) is 7.92. The van der Waals surface area contributed by atoms with Gasteiger partial charge in [0.15, 0.2) is 5.96 Å². The van der Waals surface area contributed by atoms with Crippen molar-refractivity contribution in [3.8, 4) is 0 Å². The van der Waals surface area contributed by atoms with Crippen LogP contribution in [-0.2, 0) is 35.2 Å². The van der Waals surface area contributed by atoms with Gasteiger partial charge in [-0.1, -0.05) is 0 Å². The minimum absolute atomic E-state index is 0.000962. The number of aliphatic hydroxyl groups excluding tert-OH is 1. The third kappa shape index (κ3) is 14.3. The maximum absolute atomic E-state index is 13.8. The van der Waals surface area contributed by atoms with Crippen LogP contribution in [-0.4, -0.2) is 119 Å². The number of hydrogen-bond acceptors (Lipinski definition) is 11. The smallest absolute Gasteiger partial charge is 0.245 e. The van der Waals surface area contributed by atoms with E-state index in [1.165, 1.54) is 19.4 Å². The van der Waals surface area contributed by atoms with Crippen LogP contribution in [0.2, 0.25) is 0 Å². The number of nitrogens with zero attached hydrogens (tertiary/aromatic N) is 2. The minimum Gasteiger partial charge on any atom is -0.394 e. The van der Waals surface area contributed by atoms with Gasteiger partial charge in [0.1, 0.15) is 36.3 Å². The number of aliphatic hydroxyl groups is 1. The SMILES string of the molecule is C[C@H]1NC(=O)[C@H](CCCCN)NC(=O)[C@H](CCCCN)NC(=O)[C@H](Cc2cnc[nH]2)NC(=O)[C@H](CCCN=C(N)N)NC(=O)[C@H](CO)NC1=O. The molecule has 2 rings (SSSR count). The Balaban J connectivity index is 2.54. The first-order chi connectivity index (χ1) is 23.9. The van der Waals surface area contributed by atoms with Crippen molar-refractivity contribution in [3.63, 3.8) is 0 Å². The molecule has 16 N–H and O–H groups in total. The van der Waals surface area contributed by atoms with Crippen LogP contribution in [0.4, 0.5) is 0 Å². The summed E-state index contributed by atoms with van der Waals surface area (Å²) in [7, 11) is 0. The number of H-pyrrole nitrogens is 1. The Kier molecular flexibility index (Phi) is 18.2. The molecule has 0 saturated carbocycles. The fourth-order valence-electron chi connectivity index (χ4n) is 5.08. The van der Waals surface area contributed by atoms with Gasteiger partial charge in [0.25, 0.3) is 0 Å². The molecule has 0 spiro atoms. The summed E-state index contributed by atoms with van der Waals surface area (Å²) < 4.78 is 0. The van der Waals surface area contributed by atoms with Crippen LogP contribution in [0, 0.1) is 0 Å². The predicted molar refractivity (Wildman–Crippen MR) is 182 cm³/mol. The first kappa shape index (κ1) is 41.4. The van der Waals surface area contributed by atoms with Gasteiger partial charge in [0, 0.05) is 24.9 Å². The number of hydrogen-bond donors (Lipinski definition) is 12. The van der Waals surface area contributed by atoms with Crippen LogP contribution >= 0.6 is 0 Å². The number of aromatic amines is 1. The van der Waals surface area contributed by atoms with Crippen LogP contribution in [0.25, 0.3) is 0 Å². The van der Waals surface area contributed by atoms with Crippen molar-refractivity contribution in [1.29, 1.82) is 0 Å². The number of carbonyl (C=O) groups excluding carboxylic acids is 6.